The first kappa shape index (κ1) is 62.2. The van der Waals surface area contributed by atoms with E-state index in [2.05, 4.69) is 98.9 Å². The van der Waals surface area contributed by atoms with Gasteiger partial charge in [-0.1, -0.05) is 202 Å². The summed E-state index contributed by atoms with van der Waals surface area (Å²) in [6.07, 6.45) is 60.6. The lowest BCUT2D eigenvalue weighted by molar-refractivity contribution is -0.870. The van der Waals surface area contributed by atoms with Crippen molar-refractivity contribution in [3.8, 4) is 0 Å². The Morgan fingerprint density at radius 2 is 0.877 bits per heavy atom. The van der Waals surface area contributed by atoms with E-state index in [1.165, 1.54) is 70.6 Å². The Morgan fingerprint density at radius 1 is 0.492 bits per heavy atom. The molecular weight excluding hydrogens is 834 g/mol. The molecule has 2 unspecified atom stereocenters. The van der Waals surface area contributed by atoms with Crippen molar-refractivity contribution in [3.63, 3.8) is 0 Å². The van der Waals surface area contributed by atoms with Crippen LogP contribution in [-0.2, 0) is 32.7 Å². The van der Waals surface area contributed by atoms with E-state index < -0.39 is 26.5 Å². The van der Waals surface area contributed by atoms with Gasteiger partial charge in [0.2, 0.25) is 0 Å². The molecule has 10 heteroatoms. The third kappa shape index (κ3) is 50.4. The molecule has 0 saturated heterocycles. The number of hydrogen-bond donors (Lipinski definition) is 1. The highest BCUT2D eigenvalue weighted by molar-refractivity contribution is 7.47. The van der Waals surface area contributed by atoms with Crippen molar-refractivity contribution in [3.05, 3.63) is 85.1 Å². The van der Waals surface area contributed by atoms with Crippen molar-refractivity contribution < 1.29 is 42.1 Å². The minimum atomic E-state index is -4.39. The monoisotopic (exact) mass is 931 g/mol. The number of carbonyl (C=O) groups is 2. The highest BCUT2D eigenvalue weighted by atomic mass is 31.2. The van der Waals surface area contributed by atoms with Gasteiger partial charge in [-0.2, -0.15) is 0 Å². The number of phosphoric acid groups is 1. The van der Waals surface area contributed by atoms with Crippen LogP contribution in [0.2, 0.25) is 0 Å². The summed E-state index contributed by atoms with van der Waals surface area (Å²) in [5.74, 6) is -0.822. The molecule has 0 aliphatic heterocycles. The summed E-state index contributed by atoms with van der Waals surface area (Å²) in [6, 6.07) is 0. The van der Waals surface area contributed by atoms with E-state index in [4.69, 9.17) is 18.5 Å². The SMILES string of the molecule is CC/C=C\C/C=C\C/C=C\C/C=C\C/C=C\C/C=C\C/C=C\CCCCCCCC(=O)OC(COC(=O)CCCCCCCCCCCCCCCC)COP(=O)(O)OCC[N+](C)(C)C. The maximum Gasteiger partial charge on any atom is 0.472 e. The Bertz CT molecular complexity index is 1380. The van der Waals surface area contributed by atoms with Crippen LogP contribution in [0.1, 0.15) is 200 Å². The van der Waals surface area contributed by atoms with Gasteiger partial charge in [-0.15, -0.1) is 0 Å². The summed E-state index contributed by atoms with van der Waals surface area (Å²) >= 11 is 0. The van der Waals surface area contributed by atoms with Gasteiger partial charge in [0, 0.05) is 12.8 Å². The number of allylic oxidation sites excluding steroid dienone is 14. The van der Waals surface area contributed by atoms with Gasteiger partial charge in [0.15, 0.2) is 6.10 Å². The Hall–Kier alpha value is -2.81. The van der Waals surface area contributed by atoms with Crippen molar-refractivity contribution in [1.82, 2.24) is 0 Å². The van der Waals surface area contributed by atoms with Crippen LogP contribution in [0.25, 0.3) is 0 Å². The number of unbranched alkanes of at least 4 members (excludes halogenated alkanes) is 18. The summed E-state index contributed by atoms with van der Waals surface area (Å²) in [5.41, 5.74) is 0. The van der Waals surface area contributed by atoms with E-state index >= 15 is 0 Å². The van der Waals surface area contributed by atoms with E-state index in [1.807, 2.05) is 21.1 Å². The zero-order valence-corrected chi connectivity index (χ0v) is 43.1. The second-order valence-corrected chi connectivity index (χ2v) is 19.6. The predicted molar refractivity (Wildman–Crippen MR) is 275 cm³/mol. The zero-order valence-electron chi connectivity index (χ0n) is 42.2. The lowest BCUT2D eigenvalue weighted by Crippen LogP contribution is -2.37. The van der Waals surface area contributed by atoms with Crippen LogP contribution in [0.15, 0.2) is 85.1 Å². The van der Waals surface area contributed by atoms with Crippen LogP contribution in [0.3, 0.4) is 0 Å². The normalized spacial score (nSPS) is 14.1. The lowest BCUT2D eigenvalue weighted by atomic mass is 10.0. The van der Waals surface area contributed by atoms with E-state index in [9.17, 15) is 19.0 Å². The summed E-state index contributed by atoms with van der Waals surface area (Å²) < 4.78 is 34.4. The largest absolute Gasteiger partial charge is 0.472 e. The van der Waals surface area contributed by atoms with Gasteiger partial charge in [0.05, 0.1) is 27.7 Å². The van der Waals surface area contributed by atoms with E-state index in [-0.39, 0.29) is 32.0 Å². The number of likely N-dealkylation sites (N-methyl/N-ethyl adjacent to an activating group) is 1. The van der Waals surface area contributed by atoms with E-state index in [0.717, 1.165) is 96.3 Å². The fraction of sp³-hybridized carbons (Fsp3) is 0.709. The number of phosphoric ester groups is 1. The average molecular weight is 931 g/mol. The Kier molecular flexibility index (Phi) is 44.3. The number of esters is 2. The fourth-order valence-corrected chi connectivity index (χ4v) is 7.44. The number of nitrogens with zero attached hydrogens (tertiary/aromatic N) is 1. The zero-order chi connectivity index (χ0) is 47.8. The summed E-state index contributed by atoms with van der Waals surface area (Å²) in [5, 5.41) is 0. The van der Waals surface area contributed by atoms with Crippen LogP contribution in [0, 0.1) is 0 Å². The molecule has 0 aromatic rings. The molecular formula is C55H97NO8P+. The Balaban J connectivity index is 4.29. The quantitative estimate of drug-likeness (QED) is 0.0211. The first-order valence-corrected chi connectivity index (χ1v) is 27.3. The molecule has 0 radical (unpaired) electrons. The molecule has 0 aromatic carbocycles. The van der Waals surface area contributed by atoms with Crippen LogP contribution < -0.4 is 0 Å². The number of carbonyl (C=O) groups excluding carboxylic acids is 2. The number of hydrogen-bond acceptors (Lipinski definition) is 7. The maximum atomic E-state index is 12.8. The molecule has 0 amide bonds. The molecule has 0 aliphatic rings. The van der Waals surface area contributed by atoms with Crippen LogP contribution in [0.5, 0.6) is 0 Å². The second-order valence-electron chi connectivity index (χ2n) is 18.2. The molecule has 0 heterocycles. The third-order valence-corrected chi connectivity index (χ3v) is 11.7. The number of rotatable bonds is 46. The molecule has 0 aromatic heterocycles. The molecule has 0 bridgehead atoms. The molecule has 0 spiro atoms. The smallest absolute Gasteiger partial charge is 0.462 e. The highest BCUT2D eigenvalue weighted by Gasteiger charge is 2.27. The second kappa shape index (κ2) is 46.3. The van der Waals surface area contributed by atoms with Crippen molar-refractivity contribution in [2.45, 2.75) is 206 Å². The van der Waals surface area contributed by atoms with Gasteiger partial charge in [0.1, 0.15) is 19.8 Å². The van der Waals surface area contributed by atoms with Crippen molar-refractivity contribution in [1.29, 1.82) is 0 Å². The molecule has 374 valence electrons. The summed E-state index contributed by atoms with van der Waals surface area (Å²) in [7, 11) is 1.45. The van der Waals surface area contributed by atoms with Gasteiger partial charge in [0.25, 0.3) is 0 Å². The molecule has 0 rings (SSSR count). The highest BCUT2D eigenvalue weighted by Crippen LogP contribution is 2.43. The van der Waals surface area contributed by atoms with E-state index in [1.54, 1.807) is 0 Å². The van der Waals surface area contributed by atoms with Gasteiger partial charge >= 0.3 is 19.8 Å². The molecule has 2 atom stereocenters. The summed E-state index contributed by atoms with van der Waals surface area (Å²) in [4.78, 5) is 35.5. The molecule has 0 saturated carbocycles. The van der Waals surface area contributed by atoms with E-state index in [0.29, 0.717) is 17.4 Å². The molecule has 9 nitrogen and oxygen atoms in total. The van der Waals surface area contributed by atoms with Crippen molar-refractivity contribution >= 4 is 19.8 Å². The topological polar surface area (TPSA) is 108 Å². The minimum absolute atomic E-state index is 0.0243. The summed E-state index contributed by atoms with van der Waals surface area (Å²) in [6.45, 7) is 4.29. The molecule has 0 aliphatic carbocycles. The van der Waals surface area contributed by atoms with Gasteiger partial charge < -0.3 is 18.9 Å². The van der Waals surface area contributed by atoms with Gasteiger partial charge in [-0.3, -0.25) is 18.6 Å². The molecule has 1 N–H and O–H groups in total. The van der Waals surface area contributed by atoms with Gasteiger partial charge in [-0.25, -0.2) is 4.57 Å². The Labute approximate surface area is 399 Å². The van der Waals surface area contributed by atoms with Crippen molar-refractivity contribution in [2.24, 2.45) is 0 Å². The lowest BCUT2D eigenvalue weighted by Gasteiger charge is -2.24. The van der Waals surface area contributed by atoms with Crippen LogP contribution in [-0.4, -0.2) is 74.9 Å². The first-order chi connectivity index (χ1) is 31.5. The fourth-order valence-electron chi connectivity index (χ4n) is 6.70. The predicted octanol–water partition coefficient (Wildman–Crippen LogP) is 15.5. The average Bonchev–Trinajstić information content (AvgIpc) is 3.26. The molecule has 0 fully saturated rings. The van der Waals surface area contributed by atoms with Crippen molar-refractivity contribution in [2.75, 3.05) is 47.5 Å². The maximum absolute atomic E-state index is 12.8. The first-order valence-electron chi connectivity index (χ1n) is 25.8. The Morgan fingerprint density at radius 3 is 1.31 bits per heavy atom. The van der Waals surface area contributed by atoms with Gasteiger partial charge in [-0.05, 0) is 70.6 Å². The van der Waals surface area contributed by atoms with Crippen LogP contribution >= 0.6 is 7.82 Å². The van der Waals surface area contributed by atoms with Crippen LogP contribution in [0.4, 0.5) is 0 Å². The number of ether oxygens (including phenoxy) is 2. The standard InChI is InChI=1S/C55H96NO8P/c1-6-8-10-12-14-16-18-20-22-23-24-25-26-27-28-29-30-31-32-33-34-36-38-40-42-44-46-48-55(58)64-53(52-63-65(59,60)62-50-49-56(3,4)5)51-61-54(57)47-45-43-41-39-37-35-21-19-17-15-13-11-9-7-2/h8,10,14,16,20,22,24-25,27-28,30-31,33-34,53H,6-7,9,11-13,15,17-19,21,23,26,29,32,35-52H2,1-5H3/p+1/b10-8-,16-14-,22-20-,25-24-,28-27-,31-30-,34-33-. The third-order valence-electron chi connectivity index (χ3n) is 10.7. The number of quaternary nitrogens is 1. The minimum Gasteiger partial charge on any atom is -0.462 e. The molecule has 65 heavy (non-hydrogen) atoms.